The van der Waals surface area contributed by atoms with Crippen molar-refractivity contribution in [2.24, 2.45) is 0 Å². The molecule has 0 aliphatic rings. The molecule has 2 aromatic heterocycles. The van der Waals surface area contributed by atoms with Gasteiger partial charge in [0.25, 0.3) is 10.1 Å². The third-order valence-corrected chi connectivity index (χ3v) is 5.99. The topological polar surface area (TPSA) is 100 Å². The largest absolute Gasteiger partial charge is 0.382 e. The normalized spacial score (nSPS) is 12.2. The first-order valence-electron chi connectivity index (χ1n) is 9.28. The van der Waals surface area contributed by atoms with Gasteiger partial charge in [0.1, 0.15) is 11.3 Å². The van der Waals surface area contributed by atoms with Gasteiger partial charge in [0.15, 0.2) is 5.82 Å². The lowest BCUT2D eigenvalue weighted by Gasteiger charge is -2.10. The number of imidazole rings is 1. The Balaban J connectivity index is 1.89. The van der Waals surface area contributed by atoms with Crippen molar-refractivity contribution in [3.63, 3.8) is 0 Å². The quantitative estimate of drug-likeness (QED) is 0.445. The number of aromatic nitrogens is 3. The van der Waals surface area contributed by atoms with Gasteiger partial charge in [-0.1, -0.05) is 31.5 Å². The van der Waals surface area contributed by atoms with E-state index in [0.29, 0.717) is 12.2 Å². The van der Waals surface area contributed by atoms with Crippen molar-refractivity contribution in [3.05, 3.63) is 30.1 Å². The number of hydrogen-bond acceptors (Lipinski definition) is 6. The first-order chi connectivity index (χ1) is 13.0. The maximum atomic E-state index is 11.4. The van der Waals surface area contributed by atoms with Crippen LogP contribution in [0.2, 0.25) is 0 Å². The van der Waals surface area contributed by atoms with Gasteiger partial charge in [-0.15, -0.1) is 0 Å². The molecule has 0 spiro atoms. The smallest absolute Gasteiger partial charge is 0.267 e. The highest BCUT2D eigenvalue weighted by atomic mass is 32.2. The van der Waals surface area contributed by atoms with E-state index in [4.69, 9.17) is 10.7 Å². The number of aryl methyl sites for hydroxylation is 2. The Morgan fingerprint density at radius 2 is 1.93 bits per heavy atom. The highest BCUT2D eigenvalue weighted by Gasteiger charge is 2.16. The number of para-hydroxylation sites is 1. The van der Waals surface area contributed by atoms with Crippen molar-refractivity contribution in [2.45, 2.75) is 45.6 Å². The molecule has 0 atom stereocenters. The van der Waals surface area contributed by atoms with Crippen molar-refractivity contribution >= 4 is 37.9 Å². The zero-order chi connectivity index (χ0) is 19.4. The van der Waals surface area contributed by atoms with E-state index in [2.05, 4.69) is 20.7 Å². The van der Waals surface area contributed by atoms with Gasteiger partial charge in [-0.25, -0.2) is 9.97 Å². The van der Waals surface area contributed by atoms with Crippen LogP contribution in [-0.2, 0) is 27.3 Å². The van der Waals surface area contributed by atoms with Gasteiger partial charge in [0, 0.05) is 18.4 Å². The molecule has 0 unspecified atom stereocenters. The van der Waals surface area contributed by atoms with E-state index < -0.39 is 10.1 Å². The van der Waals surface area contributed by atoms with E-state index in [1.54, 1.807) is 0 Å². The Hall–Kier alpha value is -2.19. The first-order valence-corrected chi connectivity index (χ1v) is 10.9. The summed E-state index contributed by atoms with van der Waals surface area (Å²) >= 11 is 0. The molecule has 0 fully saturated rings. The summed E-state index contributed by atoms with van der Waals surface area (Å²) in [4.78, 5) is 9.25. The number of benzene rings is 1. The summed E-state index contributed by atoms with van der Waals surface area (Å²) < 4.78 is 29.6. The zero-order valence-corrected chi connectivity index (χ0v) is 16.6. The van der Waals surface area contributed by atoms with Crippen LogP contribution in [0.25, 0.3) is 21.9 Å². The molecule has 0 aliphatic carbocycles. The first kappa shape index (κ1) is 19.6. The number of nitrogens with zero attached hydrogens (tertiary/aromatic N) is 3. The lowest BCUT2D eigenvalue weighted by molar-refractivity contribution is 0.395. The van der Waals surface area contributed by atoms with Crippen LogP contribution in [0.4, 0.5) is 5.82 Å². The Bertz CT molecular complexity index is 1040. The van der Waals surface area contributed by atoms with Gasteiger partial charge in [-0.2, -0.15) is 8.42 Å². The summed E-state index contributed by atoms with van der Waals surface area (Å²) in [5.41, 5.74) is 8.80. The third kappa shape index (κ3) is 4.22. The molecule has 7 nitrogen and oxygen atoms in total. The molecule has 0 bridgehead atoms. The van der Waals surface area contributed by atoms with E-state index >= 15 is 0 Å². The fourth-order valence-corrected chi connectivity index (χ4v) is 4.09. The van der Waals surface area contributed by atoms with E-state index in [0.717, 1.165) is 60.0 Å². The molecule has 0 saturated carbocycles. The van der Waals surface area contributed by atoms with Crippen molar-refractivity contribution in [3.8, 4) is 0 Å². The van der Waals surface area contributed by atoms with E-state index in [9.17, 15) is 8.42 Å². The summed E-state index contributed by atoms with van der Waals surface area (Å²) in [5.74, 6) is 1.50. The van der Waals surface area contributed by atoms with Gasteiger partial charge < -0.3 is 10.3 Å². The number of anilines is 1. The van der Waals surface area contributed by atoms with Gasteiger partial charge in [-0.3, -0.25) is 4.18 Å². The molecule has 0 saturated heterocycles. The number of pyridine rings is 1. The maximum Gasteiger partial charge on any atom is 0.267 e. The Morgan fingerprint density at radius 3 is 2.67 bits per heavy atom. The van der Waals surface area contributed by atoms with Crippen molar-refractivity contribution < 1.29 is 12.6 Å². The molecule has 0 amide bonds. The minimum absolute atomic E-state index is 0.0514. The fourth-order valence-electron chi connectivity index (χ4n) is 3.37. The highest BCUT2D eigenvalue weighted by Crippen LogP contribution is 2.29. The Labute approximate surface area is 159 Å². The third-order valence-electron chi connectivity index (χ3n) is 4.69. The van der Waals surface area contributed by atoms with Crippen molar-refractivity contribution in [1.29, 1.82) is 0 Å². The van der Waals surface area contributed by atoms with Crippen LogP contribution in [0.1, 0.15) is 38.4 Å². The van der Waals surface area contributed by atoms with Crippen LogP contribution in [0.5, 0.6) is 0 Å². The SMILES string of the molecule is CCCc1nc2c(N)nc3ccccc3c2n1CCCCCS(=O)(=O)OC. The highest BCUT2D eigenvalue weighted by molar-refractivity contribution is 7.86. The van der Waals surface area contributed by atoms with Crippen LogP contribution in [-0.4, -0.2) is 35.8 Å². The minimum atomic E-state index is -3.38. The maximum absolute atomic E-state index is 11.4. The van der Waals surface area contributed by atoms with Crippen molar-refractivity contribution in [2.75, 3.05) is 18.6 Å². The molecular formula is C19H26N4O3S. The van der Waals surface area contributed by atoms with Crippen LogP contribution >= 0.6 is 0 Å². The number of nitrogen functional groups attached to an aromatic ring is 1. The van der Waals surface area contributed by atoms with Crippen LogP contribution in [0, 0.1) is 0 Å². The molecular weight excluding hydrogens is 364 g/mol. The Morgan fingerprint density at radius 1 is 1.15 bits per heavy atom. The van der Waals surface area contributed by atoms with Gasteiger partial charge in [-0.05, 0) is 25.3 Å². The average Bonchev–Trinajstić information content (AvgIpc) is 3.01. The van der Waals surface area contributed by atoms with Crippen molar-refractivity contribution in [1.82, 2.24) is 14.5 Å². The predicted molar refractivity (Wildman–Crippen MR) is 108 cm³/mol. The number of hydrogen-bond donors (Lipinski definition) is 1. The molecule has 27 heavy (non-hydrogen) atoms. The summed E-state index contributed by atoms with van der Waals surface area (Å²) in [5, 5.41) is 1.04. The van der Waals surface area contributed by atoms with Gasteiger partial charge >= 0.3 is 0 Å². The van der Waals surface area contributed by atoms with E-state index in [1.165, 1.54) is 7.11 Å². The monoisotopic (exact) mass is 390 g/mol. The fraction of sp³-hybridized carbons (Fsp3) is 0.474. The van der Waals surface area contributed by atoms with Crippen LogP contribution in [0.3, 0.4) is 0 Å². The second-order valence-electron chi connectivity index (χ2n) is 6.63. The lowest BCUT2D eigenvalue weighted by atomic mass is 10.1. The molecule has 146 valence electrons. The molecule has 0 aliphatic heterocycles. The molecule has 3 rings (SSSR count). The number of fused-ring (bicyclic) bond motifs is 3. The Kier molecular flexibility index (Phi) is 5.96. The van der Waals surface area contributed by atoms with Crippen LogP contribution < -0.4 is 5.73 Å². The lowest BCUT2D eigenvalue weighted by Crippen LogP contribution is -2.09. The summed E-state index contributed by atoms with van der Waals surface area (Å²) in [7, 11) is -2.18. The molecule has 2 heterocycles. The number of unbranched alkanes of at least 4 members (excludes halogenated alkanes) is 2. The molecule has 0 radical (unpaired) electrons. The molecule has 3 aromatic rings. The molecule has 2 N–H and O–H groups in total. The summed E-state index contributed by atoms with van der Waals surface area (Å²) in [6, 6.07) is 7.94. The van der Waals surface area contributed by atoms with Crippen LogP contribution in [0.15, 0.2) is 24.3 Å². The summed E-state index contributed by atoms with van der Waals surface area (Å²) in [6.07, 6.45) is 4.09. The zero-order valence-electron chi connectivity index (χ0n) is 15.8. The minimum Gasteiger partial charge on any atom is -0.382 e. The van der Waals surface area contributed by atoms with Gasteiger partial charge in [0.05, 0.1) is 23.9 Å². The second-order valence-corrected chi connectivity index (χ2v) is 8.49. The second kappa shape index (κ2) is 8.22. The average molecular weight is 391 g/mol. The van der Waals surface area contributed by atoms with Gasteiger partial charge in [0.2, 0.25) is 0 Å². The van der Waals surface area contributed by atoms with E-state index in [-0.39, 0.29) is 5.75 Å². The predicted octanol–water partition coefficient (Wildman–Crippen LogP) is 3.27. The standard InChI is InChI=1S/C19H26N4O3S/c1-3-9-16-22-17-18(14-10-5-6-11-15(14)21-19(17)20)23(16)12-7-4-8-13-27(24,25)26-2/h5-6,10-11H,3-4,7-9,12-13H2,1-2H3,(H2,20,21). The molecule has 1 aromatic carbocycles. The molecule has 8 heteroatoms. The number of rotatable bonds is 9. The summed E-state index contributed by atoms with van der Waals surface area (Å²) in [6.45, 7) is 2.89. The van der Waals surface area contributed by atoms with E-state index in [1.807, 2.05) is 24.3 Å². The number of nitrogens with two attached hydrogens (primary N) is 1.